The van der Waals surface area contributed by atoms with Gasteiger partial charge in [-0.15, -0.1) is 11.3 Å². The van der Waals surface area contributed by atoms with E-state index in [-0.39, 0.29) is 5.25 Å². The molecule has 1 aromatic carbocycles. The SMILES string of the molecule is COc1ccc(-c2nc(C(C)Sc3nc(N)cc(N)n3)c(C)s2)cc1OCCN1CCCC1. The molecule has 4 rings (SSSR count). The Labute approximate surface area is 202 Å². The maximum atomic E-state index is 6.10. The maximum absolute atomic E-state index is 6.10. The van der Waals surface area contributed by atoms with Gasteiger partial charge >= 0.3 is 0 Å². The number of anilines is 2. The molecule has 0 aliphatic carbocycles. The van der Waals surface area contributed by atoms with E-state index >= 15 is 0 Å². The van der Waals surface area contributed by atoms with E-state index in [4.69, 9.17) is 25.9 Å². The Morgan fingerprint density at radius 3 is 2.52 bits per heavy atom. The molecule has 0 radical (unpaired) electrons. The fraction of sp³-hybridized carbons (Fsp3) is 0.435. The molecule has 0 spiro atoms. The Morgan fingerprint density at radius 1 is 1.09 bits per heavy atom. The molecule has 3 heterocycles. The number of nitrogen functional groups attached to an aromatic ring is 2. The van der Waals surface area contributed by atoms with Crippen molar-refractivity contribution in [2.24, 2.45) is 0 Å². The molecular formula is C23H30N6O2S2. The molecule has 3 aromatic rings. The third-order valence-electron chi connectivity index (χ3n) is 5.52. The number of methoxy groups -OCH3 is 1. The van der Waals surface area contributed by atoms with Crippen LogP contribution in [0.3, 0.4) is 0 Å². The predicted octanol–water partition coefficient (Wildman–Crippen LogP) is 4.41. The second kappa shape index (κ2) is 10.6. The molecule has 1 atom stereocenters. The second-order valence-corrected chi connectivity index (χ2v) is 10.5. The highest BCUT2D eigenvalue weighted by Gasteiger charge is 2.19. The summed E-state index contributed by atoms with van der Waals surface area (Å²) in [5.74, 6) is 2.20. The predicted molar refractivity (Wildman–Crippen MR) is 135 cm³/mol. The molecule has 4 N–H and O–H groups in total. The topological polar surface area (TPSA) is 112 Å². The highest BCUT2D eigenvalue weighted by molar-refractivity contribution is 7.99. The van der Waals surface area contributed by atoms with Crippen LogP contribution in [0.15, 0.2) is 29.4 Å². The van der Waals surface area contributed by atoms with Gasteiger partial charge in [-0.05, 0) is 58.0 Å². The lowest BCUT2D eigenvalue weighted by molar-refractivity contribution is 0.230. The average Bonchev–Trinajstić information content (AvgIpc) is 3.42. The summed E-state index contributed by atoms with van der Waals surface area (Å²) in [5.41, 5.74) is 13.6. The van der Waals surface area contributed by atoms with Crippen LogP contribution in [-0.2, 0) is 0 Å². The zero-order valence-corrected chi connectivity index (χ0v) is 20.8. The molecule has 1 saturated heterocycles. The summed E-state index contributed by atoms with van der Waals surface area (Å²) in [7, 11) is 1.66. The van der Waals surface area contributed by atoms with Crippen molar-refractivity contribution in [1.82, 2.24) is 19.9 Å². The Kier molecular flexibility index (Phi) is 7.56. The van der Waals surface area contributed by atoms with Crippen LogP contribution in [0, 0.1) is 6.92 Å². The van der Waals surface area contributed by atoms with Gasteiger partial charge in [-0.2, -0.15) is 0 Å². The number of thioether (sulfide) groups is 1. The molecule has 2 aromatic heterocycles. The Bertz CT molecular complexity index is 1080. The van der Waals surface area contributed by atoms with E-state index in [2.05, 4.69) is 28.7 Å². The zero-order chi connectivity index (χ0) is 23.4. The molecule has 176 valence electrons. The van der Waals surface area contributed by atoms with Crippen molar-refractivity contribution in [3.8, 4) is 22.1 Å². The van der Waals surface area contributed by atoms with Crippen LogP contribution in [-0.4, -0.2) is 53.2 Å². The van der Waals surface area contributed by atoms with Gasteiger partial charge in [0.25, 0.3) is 0 Å². The van der Waals surface area contributed by atoms with Gasteiger partial charge in [-0.25, -0.2) is 15.0 Å². The molecule has 1 aliphatic rings. The smallest absolute Gasteiger partial charge is 0.192 e. The minimum absolute atomic E-state index is 0.0469. The van der Waals surface area contributed by atoms with E-state index in [9.17, 15) is 0 Å². The normalized spacial score (nSPS) is 15.0. The first-order chi connectivity index (χ1) is 15.9. The van der Waals surface area contributed by atoms with Crippen molar-refractivity contribution in [2.75, 3.05) is 44.8 Å². The van der Waals surface area contributed by atoms with E-state index in [1.54, 1.807) is 24.5 Å². The van der Waals surface area contributed by atoms with E-state index in [1.165, 1.54) is 24.6 Å². The van der Waals surface area contributed by atoms with Gasteiger partial charge in [-0.3, -0.25) is 4.90 Å². The number of aryl methyl sites for hydroxylation is 1. The van der Waals surface area contributed by atoms with Crippen LogP contribution in [0.1, 0.15) is 35.6 Å². The molecular weight excluding hydrogens is 456 g/mol. The zero-order valence-electron chi connectivity index (χ0n) is 19.2. The van der Waals surface area contributed by atoms with Gasteiger partial charge in [0.2, 0.25) is 0 Å². The third-order valence-corrected chi connectivity index (χ3v) is 7.53. The molecule has 33 heavy (non-hydrogen) atoms. The number of nitrogens with two attached hydrogens (primary N) is 2. The van der Waals surface area contributed by atoms with Crippen LogP contribution in [0.4, 0.5) is 11.6 Å². The number of aromatic nitrogens is 3. The quantitative estimate of drug-likeness (QED) is 0.335. The highest BCUT2D eigenvalue weighted by Crippen LogP contribution is 2.40. The van der Waals surface area contributed by atoms with Gasteiger partial charge < -0.3 is 20.9 Å². The summed E-state index contributed by atoms with van der Waals surface area (Å²) in [5, 5.41) is 1.53. The molecule has 0 amide bonds. The highest BCUT2D eigenvalue weighted by atomic mass is 32.2. The number of thiazole rings is 1. The molecule has 10 heteroatoms. The largest absolute Gasteiger partial charge is 0.493 e. The fourth-order valence-electron chi connectivity index (χ4n) is 3.85. The van der Waals surface area contributed by atoms with Crippen molar-refractivity contribution in [3.05, 3.63) is 34.8 Å². The standard InChI is InChI=1S/C23H30N6O2S2/c1-14-21(15(2)33-23-26-19(24)13-20(25)27-23)28-22(32-14)16-6-7-17(30-3)18(12-16)31-11-10-29-8-4-5-9-29/h6-7,12-13,15H,4-5,8-11H2,1-3H3,(H4,24,25,26,27). The number of hydrogen-bond acceptors (Lipinski definition) is 10. The first kappa shape index (κ1) is 23.6. The van der Waals surface area contributed by atoms with Crippen molar-refractivity contribution in [1.29, 1.82) is 0 Å². The average molecular weight is 487 g/mol. The molecule has 1 unspecified atom stereocenters. The Balaban J connectivity index is 1.49. The van der Waals surface area contributed by atoms with Crippen molar-refractivity contribution in [3.63, 3.8) is 0 Å². The summed E-state index contributed by atoms with van der Waals surface area (Å²) in [6.45, 7) is 8.05. The van der Waals surface area contributed by atoms with Gasteiger partial charge in [0.1, 0.15) is 23.3 Å². The summed E-state index contributed by atoms with van der Waals surface area (Å²) in [6, 6.07) is 7.53. The van der Waals surface area contributed by atoms with Gasteiger partial charge in [-0.1, -0.05) is 11.8 Å². The number of benzene rings is 1. The summed E-state index contributed by atoms with van der Waals surface area (Å²) in [4.78, 5) is 17.1. The van der Waals surface area contributed by atoms with Crippen LogP contribution >= 0.6 is 23.1 Å². The van der Waals surface area contributed by atoms with Crippen LogP contribution < -0.4 is 20.9 Å². The Morgan fingerprint density at radius 2 is 1.82 bits per heavy atom. The summed E-state index contributed by atoms with van der Waals surface area (Å²) in [6.07, 6.45) is 2.55. The van der Waals surface area contributed by atoms with Crippen LogP contribution in [0.5, 0.6) is 11.5 Å². The van der Waals surface area contributed by atoms with Crippen LogP contribution in [0.25, 0.3) is 10.6 Å². The lowest BCUT2D eigenvalue weighted by Crippen LogP contribution is -2.25. The van der Waals surface area contributed by atoms with Gasteiger partial charge in [0.15, 0.2) is 16.7 Å². The van der Waals surface area contributed by atoms with Crippen molar-refractivity contribution < 1.29 is 9.47 Å². The number of hydrogen-bond donors (Lipinski definition) is 2. The lowest BCUT2D eigenvalue weighted by Gasteiger charge is -2.16. The summed E-state index contributed by atoms with van der Waals surface area (Å²) >= 11 is 3.15. The monoisotopic (exact) mass is 486 g/mol. The summed E-state index contributed by atoms with van der Waals surface area (Å²) < 4.78 is 11.6. The van der Waals surface area contributed by atoms with E-state index in [0.717, 1.165) is 52.3 Å². The molecule has 8 nitrogen and oxygen atoms in total. The minimum Gasteiger partial charge on any atom is -0.493 e. The van der Waals surface area contributed by atoms with E-state index in [1.807, 2.05) is 18.2 Å². The fourth-order valence-corrected chi connectivity index (χ4v) is 5.90. The number of ether oxygens (including phenoxy) is 2. The van der Waals surface area contributed by atoms with Crippen molar-refractivity contribution >= 4 is 34.7 Å². The van der Waals surface area contributed by atoms with Gasteiger partial charge in [0.05, 0.1) is 18.1 Å². The van der Waals surface area contributed by atoms with Gasteiger partial charge in [0, 0.05) is 23.1 Å². The second-order valence-electron chi connectivity index (χ2n) is 7.98. The number of nitrogens with zero attached hydrogens (tertiary/aromatic N) is 4. The third kappa shape index (κ3) is 5.87. The lowest BCUT2D eigenvalue weighted by atomic mass is 10.2. The number of likely N-dealkylation sites (tertiary alicyclic amines) is 1. The van der Waals surface area contributed by atoms with E-state index < -0.39 is 0 Å². The van der Waals surface area contributed by atoms with Crippen molar-refractivity contribution in [2.45, 2.75) is 37.1 Å². The first-order valence-electron chi connectivity index (χ1n) is 11.0. The molecule has 0 saturated carbocycles. The molecule has 1 aliphatic heterocycles. The minimum atomic E-state index is 0.0469. The molecule has 1 fully saturated rings. The maximum Gasteiger partial charge on any atom is 0.192 e. The van der Waals surface area contributed by atoms with Crippen LogP contribution in [0.2, 0.25) is 0 Å². The first-order valence-corrected chi connectivity index (χ1v) is 12.7. The molecule has 0 bridgehead atoms. The number of rotatable bonds is 9. The van der Waals surface area contributed by atoms with E-state index in [0.29, 0.717) is 23.4 Å². The Hall–Kier alpha value is -2.56.